The molecule has 0 radical (unpaired) electrons. The molecule has 6 nitrogen and oxygen atoms in total. The molecule has 0 spiro atoms. The lowest BCUT2D eigenvalue weighted by atomic mass is 9.96. The van der Waals surface area contributed by atoms with Gasteiger partial charge in [0.1, 0.15) is 5.84 Å². The summed E-state index contributed by atoms with van der Waals surface area (Å²) in [5.74, 6) is 0.142. The maximum absolute atomic E-state index is 11.6. The van der Waals surface area contributed by atoms with E-state index in [9.17, 15) is 4.79 Å². The summed E-state index contributed by atoms with van der Waals surface area (Å²) in [6, 6.07) is 0. The molecule has 0 saturated carbocycles. The number of hydroxylamine groups is 1. The molecule has 98 valence electrons. The predicted octanol–water partition coefficient (Wildman–Crippen LogP) is 1.59. The zero-order chi connectivity index (χ0) is 12.7. The fourth-order valence-electron chi connectivity index (χ4n) is 1.84. The van der Waals surface area contributed by atoms with Gasteiger partial charge in [-0.15, -0.1) is 0 Å². The van der Waals surface area contributed by atoms with E-state index in [1.807, 2.05) is 12.4 Å². The Morgan fingerprint density at radius 2 is 2.18 bits per heavy atom. The Kier molecular flexibility index (Phi) is 5.76. The summed E-state index contributed by atoms with van der Waals surface area (Å²) >= 11 is 0. The van der Waals surface area contributed by atoms with E-state index in [2.05, 4.69) is 0 Å². The first-order chi connectivity index (χ1) is 8.19. The number of piperidine rings is 1. The van der Waals surface area contributed by atoms with Crippen molar-refractivity contribution in [2.45, 2.75) is 32.6 Å². The Bertz CT molecular complexity index is 263. The van der Waals surface area contributed by atoms with Crippen LogP contribution >= 0.6 is 0 Å². The lowest BCUT2D eigenvalue weighted by Crippen LogP contribution is -2.42. The fourth-order valence-corrected chi connectivity index (χ4v) is 1.84. The summed E-state index contributed by atoms with van der Waals surface area (Å²) < 4.78 is 5.11. The second kappa shape index (κ2) is 7.11. The molecule has 1 saturated heterocycles. The van der Waals surface area contributed by atoms with Crippen molar-refractivity contribution in [2.24, 2.45) is 5.92 Å². The van der Waals surface area contributed by atoms with Crippen molar-refractivity contribution in [2.75, 3.05) is 19.7 Å². The van der Waals surface area contributed by atoms with E-state index >= 15 is 0 Å². The number of amides is 1. The SMILES string of the molecule is CCCCOC(=O)N1CCC(C(=N)NO)CC1. The smallest absolute Gasteiger partial charge is 0.409 e. The minimum Gasteiger partial charge on any atom is -0.449 e. The summed E-state index contributed by atoms with van der Waals surface area (Å²) in [6.45, 7) is 3.69. The number of nitrogens with zero attached hydrogens (tertiary/aromatic N) is 1. The topological polar surface area (TPSA) is 85.7 Å². The first kappa shape index (κ1) is 13.8. The van der Waals surface area contributed by atoms with E-state index in [-0.39, 0.29) is 17.8 Å². The number of unbranched alkanes of at least 4 members (excludes halogenated alkanes) is 1. The van der Waals surface area contributed by atoms with Crippen LogP contribution in [0.5, 0.6) is 0 Å². The highest BCUT2D eigenvalue weighted by Crippen LogP contribution is 2.17. The molecule has 1 aliphatic heterocycles. The minimum atomic E-state index is -0.264. The molecule has 0 unspecified atom stereocenters. The molecule has 1 rings (SSSR count). The van der Waals surface area contributed by atoms with Crippen LogP contribution in [0.3, 0.4) is 0 Å². The Labute approximate surface area is 101 Å². The van der Waals surface area contributed by atoms with Gasteiger partial charge in [-0.1, -0.05) is 13.3 Å². The van der Waals surface area contributed by atoms with Crippen LogP contribution in [0.25, 0.3) is 0 Å². The average molecular weight is 243 g/mol. The van der Waals surface area contributed by atoms with Crippen molar-refractivity contribution in [3.8, 4) is 0 Å². The van der Waals surface area contributed by atoms with Crippen LogP contribution in [-0.4, -0.2) is 41.7 Å². The van der Waals surface area contributed by atoms with Gasteiger partial charge in [-0.3, -0.25) is 16.1 Å². The molecule has 0 bridgehead atoms. The molecule has 0 aromatic carbocycles. The molecule has 0 aromatic rings. The van der Waals surface area contributed by atoms with E-state index in [0.717, 1.165) is 12.8 Å². The van der Waals surface area contributed by atoms with E-state index in [1.54, 1.807) is 4.90 Å². The summed E-state index contributed by atoms with van der Waals surface area (Å²) in [7, 11) is 0. The molecule has 1 fully saturated rings. The molecule has 0 aromatic heterocycles. The van der Waals surface area contributed by atoms with Gasteiger partial charge in [0.15, 0.2) is 0 Å². The molecular weight excluding hydrogens is 222 g/mol. The lowest BCUT2D eigenvalue weighted by molar-refractivity contribution is 0.0899. The molecular formula is C11H21N3O3. The highest BCUT2D eigenvalue weighted by molar-refractivity contribution is 5.80. The monoisotopic (exact) mass is 243 g/mol. The summed E-state index contributed by atoms with van der Waals surface area (Å²) in [6.07, 6.45) is 3.01. The minimum absolute atomic E-state index is 0.0136. The highest BCUT2D eigenvalue weighted by atomic mass is 16.6. The summed E-state index contributed by atoms with van der Waals surface area (Å²) in [4.78, 5) is 13.3. The van der Waals surface area contributed by atoms with Crippen LogP contribution in [0.15, 0.2) is 0 Å². The lowest BCUT2D eigenvalue weighted by Gasteiger charge is -2.31. The largest absolute Gasteiger partial charge is 0.449 e. The predicted molar refractivity (Wildman–Crippen MR) is 63.2 cm³/mol. The van der Waals surface area contributed by atoms with Crippen LogP contribution in [-0.2, 0) is 4.74 Å². The highest BCUT2D eigenvalue weighted by Gasteiger charge is 2.25. The summed E-state index contributed by atoms with van der Waals surface area (Å²) in [5.41, 5.74) is 1.87. The quantitative estimate of drug-likeness (QED) is 0.303. The molecule has 0 aliphatic carbocycles. The number of hydrogen-bond acceptors (Lipinski definition) is 4. The number of carbonyl (C=O) groups is 1. The number of likely N-dealkylation sites (tertiary alicyclic amines) is 1. The number of ether oxygens (including phenoxy) is 1. The van der Waals surface area contributed by atoms with Gasteiger partial charge >= 0.3 is 6.09 Å². The van der Waals surface area contributed by atoms with E-state index in [4.69, 9.17) is 15.4 Å². The van der Waals surface area contributed by atoms with Gasteiger partial charge in [-0.05, 0) is 19.3 Å². The standard InChI is InChI=1S/C11H21N3O3/c1-2-3-8-17-11(15)14-6-4-9(5-7-14)10(12)13-16/h9,16H,2-8H2,1H3,(H2,12,13). The van der Waals surface area contributed by atoms with Crippen LogP contribution in [0, 0.1) is 11.3 Å². The number of rotatable bonds is 4. The van der Waals surface area contributed by atoms with Crippen LogP contribution in [0.1, 0.15) is 32.6 Å². The maximum Gasteiger partial charge on any atom is 0.409 e. The van der Waals surface area contributed by atoms with Crippen molar-refractivity contribution in [3.63, 3.8) is 0 Å². The number of amidine groups is 1. The Hall–Kier alpha value is -1.30. The Morgan fingerprint density at radius 3 is 2.71 bits per heavy atom. The summed E-state index contributed by atoms with van der Waals surface area (Å²) in [5, 5.41) is 16.1. The van der Waals surface area contributed by atoms with E-state index in [0.29, 0.717) is 32.5 Å². The van der Waals surface area contributed by atoms with Crippen molar-refractivity contribution >= 4 is 11.9 Å². The van der Waals surface area contributed by atoms with Gasteiger partial charge < -0.3 is 9.64 Å². The van der Waals surface area contributed by atoms with Gasteiger partial charge in [0.2, 0.25) is 0 Å². The molecule has 1 heterocycles. The normalized spacial score (nSPS) is 16.7. The first-order valence-electron chi connectivity index (χ1n) is 6.09. The van der Waals surface area contributed by atoms with Crippen LogP contribution < -0.4 is 5.48 Å². The zero-order valence-corrected chi connectivity index (χ0v) is 10.2. The van der Waals surface area contributed by atoms with Crippen molar-refractivity contribution in [1.29, 1.82) is 5.41 Å². The fraction of sp³-hybridized carbons (Fsp3) is 0.818. The Balaban J connectivity index is 2.26. The van der Waals surface area contributed by atoms with Crippen LogP contribution in [0.4, 0.5) is 4.79 Å². The van der Waals surface area contributed by atoms with E-state index < -0.39 is 0 Å². The number of carbonyl (C=O) groups excluding carboxylic acids is 1. The van der Waals surface area contributed by atoms with E-state index in [1.165, 1.54) is 0 Å². The number of hydrogen-bond donors (Lipinski definition) is 3. The molecule has 6 heteroatoms. The van der Waals surface area contributed by atoms with Gasteiger partial charge in [0, 0.05) is 19.0 Å². The van der Waals surface area contributed by atoms with Crippen molar-refractivity contribution < 1.29 is 14.7 Å². The van der Waals surface area contributed by atoms with Crippen LogP contribution in [0.2, 0.25) is 0 Å². The third kappa shape index (κ3) is 4.22. The second-order valence-corrected chi connectivity index (χ2v) is 4.25. The molecule has 1 amide bonds. The maximum atomic E-state index is 11.6. The molecule has 1 aliphatic rings. The average Bonchev–Trinajstić information content (AvgIpc) is 2.38. The second-order valence-electron chi connectivity index (χ2n) is 4.25. The molecule has 0 atom stereocenters. The Morgan fingerprint density at radius 1 is 1.53 bits per heavy atom. The third-order valence-corrected chi connectivity index (χ3v) is 3.01. The molecule has 3 N–H and O–H groups in total. The van der Waals surface area contributed by atoms with Gasteiger partial charge in [-0.2, -0.15) is 0 Å². The first-order valence-corrected chi connectivity index (χ1v) is 6.09. The van der Waals surface area contributed by atoms with Crippen molar-refractivity contribution in [3.05, 3.63) is 0 Å². The van der Waals surface area contributed by atoms with Gasteiger partial charge in [-0.25, -0.2) is 4.79 Å². The third-order valence-electron chi connectivity index (χ3n) is 3.01. The zero-order valence-electron chi connectivity index (χ0n) is 10.2. The van der Waals surface area contributed by atoms with Crippen molar-refractivity contribution in [1.82, 2.24) is 10.4 Å². The number of nitrogens with one attached hydrogen (secondary N) is 2. The van der Waals surface area contributed by atoms with Gasteiger partial charge in [0.25, 0.3) is 0 Å². The van der Waals surface area contributed by atoms with Gasteiger partial charge in [0.05, 0.1) is 6.61 Å². The molecule has 17 heavy (non-hydrogen) atoms.